The molecule has 0 bridgehead atoms. The van der Waals surface area contributed by atoms with Crippen LogP contribution in [0.1, 0.15) is 51.2 Å². The van der Waals surface area contributed by atoms with E-state index in [0.717, 1.165) is 10.6 Å². The average Bonchev–Trinajstić information content (AvgIpc) is 2.98. The molecule has 2 heterocycles. The largest absolute Gasteiger partial charge is 0.379 e. The van der Waals surface area contributed by atoms with Crippen molar-refractivity contribution >= 4 is 29.1 Å². The maximum absolute atomic E-state index is 13.0. The molecule has 1 aromatic carbocycles. The highest BCUT2D eigenvalue weighted by Crippen LogP contribution is 2.33. The lowest BCUT2D eigenvalue weighted by Gasteiger charge is -2.27. The molecule has 0 saturated heterocycles. The Kier molecular flexibility index (Phi) is 4.69. The third-order valence-corrected chi connectivity index (χ3v) is 5.15. The van der Waals surface area contributed by atoms with E-state index in [9.17, 15) is 19.2 Å². The van der Waals surface area contributed by atoms with Crippen LogP contribution in [0, 0.1) is 12.3 Å². The first-order valence-electron chi connectivity index (χ1n) is 9.20. The first-order chi connectivity index (χ1) is 14.0. The van der Waals surface area contributed by atoms with Gasteiger partial charge in [0.25, 0.3) is 11.8 Å². The van der Waals surface area contributed by atoms with Gasteiger partial charge in [-0.3, -0.25) is 29.1 Å². The number of ketones is 2. The summed E-state index contributed by atoms with van der Waals surface area (Å²) < 4.78 is 0. The molecule has 2 aromatic rings. The number of benzene rings is 1. The van der Waals surface area contributed by atoms with E-state index in [1.165, 1.54) is 0 Å². The molecule has 2 amide bonds. The summed E-state index contributed by atoms with van der Waals surface area (Å²) in [6.07, 6.45) is 7.04. The summed E-state index contributed by atoms with van der Waals surface area (Å²) >= 11 is 0. The number of fused-ring (bicyclic) bond motifs is 1. The fraction of sp³-hybridized carbons (Fsp3) is 0.227. The number of anilines is 1. The Morgan fingerprint density at radius 1 is 1.14 bits per heavy atom. The highest BCUT2D eigenvalue weighted by atomic mass is 16.2. The van der Waals surface area contributed by atoms with Gasteiger partial charge in [0.2, 0.25) is 0 Å². The quantitative estimate of drug-likeness (QED) is 0.489. The molecule has 1 aromatic heterocycles. The van der Waals surface area contributed by atoms with E-state index in [1.54, 1.807) is 36.5 Å². The van der Waals surface area contributed by atoms with Crippen molar-refractivity contribution in [3.8, 4) is 12.3 Å². The summed E-state index contributed by atoms with van der Waals surface area (Å²) in [7, 11) is 0. The highest BCUT2D eigenvalue weighted by Gasteiger charge is 2.45. The number of nitrogens with zero attached hydrogens (tertiary/aromatic N) is 2. The maximum atomic E-state index is 13.0. The van der Waals surface area contributed by atoms with Crippen LogP contribution in [-0.4, -0.2) is 39.3 Å². The first kappa shape index (κ1) is 18.6. The third-order valence-electron chi connectivity index (χ3n) is 5.15. The second-order valence-corrected chi connectivity index (χ2v) is 6.98. The summed E-state index contributed by atoms with van der Waals surface area (Å²) in [4.78, 5) is 54.9. The van der Waals surface area contributed by atoms with Crippen LogP contribution in [-0.2, 0) is 16.1 Å². The summed E-state index contributed by atoms with van der Waals surface area (Å²) in [5.41, 5.74) is 2.37. The van der Waals surface area contributed by atoms with Crippen LogP contribution in [0.2, 0.25) is 0 Å². The Balaban J connectivity index is 1.58. The molecule has 7 nitrogen and oxygen atoms in total. The monoisotopic (exact) mass is 387 g/mol. The molecule has 1 aliphatic carbocycles. The van der Waals surface area contributed by atoms with Gasteiger partial charge in [0.15, 0.2) is 5.78 Å². The van der Waals surface area contributed by atoms with Gasteiger partial charge in [0, 0.05) is 23.9 Å². The number of imide groups is 1. The van der Waals surface area contributed by atoms with Crippen molar-refractivity contribution < 1.29 is 19.2 Å². The lowest BCUT2D eigenvalue weighted by Crippen LogP contribution is -2.47. The number of terminal acetylenes is 1. The predicted octanol–water partition coefficient (Wildman–Crippen LogP) is 1.96. The Morgan fingerprint density at radius 2 is 1.97 bits per heavy atom. The van der Waals surface area contributed by atoms with Crippen molar-refractivity contribution in [3.63, 3.8) is 0 Å². The first-order valence-corrected chi connectivity index (χ1v) is 9.20. The molecule has 1 fully saturated rings. The van der Waals surface area contributed by atoms with Crippen LogP contribution < -0.4 is 5.32 Å². The second kappa shape index (κ2) is 7.32. The summed E-state index contributed by atoms with van der Waals surface area (Å²) in [5, 5.41) is 3.14. The summed E-state index contributed by atoms with van der Waals surface area (Å²) in [6.45, 7) is 0.333. The molecule has 1 unspecified atom stereocenters. The molecule has 1 saturated carbocycles. The molecule has 2 aliphatic rings. The number of nitrogens with one attached hydrogen (secondary N) is 1. The number of hydrogen-bond acceptors (Lipinski definition) is 6. The average molecular weight is 387 g/mol. The van der Waals surface area contributed by atoms with Crippen LogP contribution >= 0.6 is 0 Å². The van der Waals surface area contributed by atoms with Crippen molar-refractivity contribution in [1.29, 1.82) is 0 Å². The molecule has 0 radical (unpaired) electrons. The number of Topliss-reactive ketones (excluding diaryl/α,β-unsaturated/α-hetero) is 2. The van der Waals surface area contributed by atoms with Crippen LogP contribution in [0.4, 0.5) is 5.69 Å². The van der Waals surface area contributed by atoms with Gasteiger partial charge in [-0.05, 0) is 30.7 Å². The van der Waals surface area contributed by atoms with E-state index in [-0.39, 0.29) is 42.0 Å². The zero-order chi connectivity index (χ0) is 20.5. The van der Waals surface area contributed by atoms with Crippen molar-refractivity contribution in [2.24, 2.45) is 0 Å². The lowest BCUT2D eigenvalue weighted by molar-refractivity contribution is -0.132. The van der Waals surface area contributed by atoms with Gasteiger partial charge in [-0.25, -0.2) is 0 Å². The van der Waals surface area contributed by atoms with E-state index in [0.29, 0.717) is 17.8 Å². The standard InChI is InChI=1S/C22H17N3O4/c1-2-13-6-7-14(23-11-13)12-24-17-5-3-4-16-20(17)22(29)25(21(16)28)18-9-8-15(26)10-19(18)27/h1,3-7,11,18,24H,8-10,12H2. The maximum Gasteiger partial charge on any atom is 0.264 e. The molecule has 1 N–H and O–H groups in total. The number of carbonyl (C=O) groups excluding carboxylic acids is 4. The fourth-order valence-corrected chi connectivity index (χ4v) is 3.67. The Bertz CT molecular complexity index is 1080. The van der Waals surface area contributed by atoms with Gasteiger partial charge < -0.3 is 5.32 Å². The fourth-order valence-electron chi connectivity index (χ4n) is 3.67. The molecule has 4 rings (SSSR count). The zero-order valence-corrected chi connectivity index (χ0v) is 15.5. The minimum Gasteiger partial charge on any atom is -0.379 e. The molecule has 144 valence electrons. The molecule has 1 aliphatic heterocycles. The predicted molar refractivity (Wildman–Crippen MR) is 104 cm³/mol. The van der Waals surface area contributed by atoms with Crippen LogP contribution in [0.25, 0.3) is 0 Å². The Hall–Kier alpha value is -3.79. The molecule has 1 atom stereocenters. The Morgan fingerprint density at radius 3 is 2.66 bits per heavy atom. The number of pyridine rings is 1. The SMILES string of the molecule is C#Cc1ccc(CNc2cccc3c2C(=O)N(C2CCC(=O)CC2=O)C3=O)nc1. The molecule has 7 heteroatoms. The van der Waals surface area contributed by atoms with Crippen molar-refractivity contribution in [3.05, 3.63) is 58.9 Å². The van der Waals surface area contributed by atoms with Crippen LogP contribution in [0.3, 0.4) is 0 Å². The van der Waals surface area contributed by atoms with Crippen LogP contribution in [0.15, 0.2) is 36.5 Å². The zero-order valence-electron chi connectivity index (χ0n) is 15.5. The molecule has 29 heavy (non-hydrogen) atoms. The van der Waals surface area contributed by atoms with Crippen molar-refractivity contribution in [1.82, 2.24) is 9.88 Å². The van der Waals surface area contributed by atoms with E-state index >= 15 is 0 Å². The number of carbonyl (C=O) groups is 4. The normalized spacial score (nSPS) is 18.6. The molecule has 0 spiro atoms. The van der Waals surface area contributed by atoms with Gasteiger partial charge in [0.1, 0.15) is 5.78 Å². The van der Waals surface area contributed by atoms with Crippen LogP contribution in [0.5, 0.6) is 0 Å². The van der Waals surface area contributed by atoms with Crippen molar-refractivity contribution in [2.75, 3.05) is 5.32 Å². The van der Waals surface area contributed by atoms with Gasteiger partial charge >= 0.3 is 0 Å². The molecular formula is C22H17N3O4. The lowest BCUT2D eigenvalue weighted by atomic mass is 9.92. The second-order valence-electron chi connectivity index (χ2n) is 6.98. The van der Waals surface area contributed by atoms with E-state index in [4.69, 9.17) is 6.42 Å². The van der Waals surface area contributed by atoms with Gasteiger partial charge in [-0.2, -0.15) is 0 Å². The van der Waals surface area contributed by atoms with Gasteiger partial charge in [-0.1, -0.05) is 12.0 Å². The summed E-state index contributed by atoms with van der Waals surface area (Å²) in [5.74, 6) is 0.932. The number of amides is 2. The van der Waals surface area contributed by atoms with Gasteiger partial charge in [0.05, 0.1) is 35.8 Å². The number of rotatable bonds is 4. The Labute approximate surface area is 167 Å². The van der Waals surface area contributed by atoms with Crippen molar-refractivity contribution in [2.45, 2.75) is 31.8 Å². The smallest absolute Gasteiger partial charge is 0.264 e. The minimum atomic E-state index is -0.883. The van der Waals surface area contributed by atoms with E-state index in [2.05, 4.69) is 16.2 Å². The number of aromatic nitrogens is 1. The number of hydrogen-bond donors (Lipinski definition) is 1. The third kappa shape index (κ3) is 3.29. The van der Waals surface area contributed by atoms with Gasteiger partial charge in [-0.15, -0.1) is 6.42 Å². The van der Waals surface area contributed by atoms with E-state index < -0.39 is 17.9 Å². The minimum absolute atomic E-state index is 0.159. The highest BCUT2D eigenvalue weighted by molar-refractivity contribution is 6.25. The van der Waals surface area contributed by atoms with E-state index in [1.807, 2.05) is 0 Å². The topological polar surface area (TPSA) is 96.4 Å². The molecular weight excluding hydrogens is 370 g/mol. The summed E-state index contributed by atoms with van der Waals surface area (Å²) in [6, 6.07) is 7.62.